The zero-order chi connectivity index (χ0) is 19.2. The van der Waals surface area contributed by atoms with Crippen molar-refractivity contribution in [2.75, 3.05) is 6.54 Å². The molecular formula is C20H24N4O3. The molecule has 1 aromatic carbocycles. The van der Waals surface area contributed by atoms with Crippen molar-refractivity contribution in [3.63, 3.8) is 0 Å². The lowest BCUT2D eigenvalue weighted by atomic mass is 10.0. The molecule has 1 saturated heterocycles. The largest absolute Gasteiger partial charge is 0.331 e. The third-order valence-electron chi connectivity index (χ3n) is 5.03. The molecule has 0 radical (unpaired) electrons. The fourth-order valence-corrected chi connectivity index (χ4v) is 3.54. The van der Waals surface area contributed by atoms with Crippen LogP contribution < -0.4 is 5.32 Å². The maximum Gasteiger partial charge on any atom is 0.318 e. The zero-order valence-corrected chi connectivity index (χ0v) is 15.4. The second-order valence-corrected chi connectivity index (χ2v) is 6.86. The molecule has 0 bridgehead atoms. The van der Waals surface area contributed by atoms with E-state index in [1.165, 1.54) is 12.1 Å². The molecule has 1 aliphatic rings. The molecule has 1 aromatic heterocycles. The molecule has 3 rings (SSSR count). The second-order valence-electron chi connectivity index (χ2n) is 6.86. The van der Waals surface area contributed by atoms with Crippen LogP contribution in [-0.2, 0) is 0 Å². The van der Waals surface area contributed by atoms with Crippen LogP contribution in [0.25, 0.3) is 0 Å². The zero-order valence-electron chi connectivity index (χ0n) is 15.4. The Morgan fingerprint density at radius 3 is 2.78 bits per heavy atom. The lowest BCUT2D eigenvalue weighted by molar-refractivity contribution is -0.384. The van der Waals surface area contributed by atoms with Gasteiger partial charge in [0.15, 0.2) is 0 Å². The van der Waals surface area contributed by atoms with Crippen molar-refractivity contribution in [1.29, 1.82) is 0 Å². The topological polar surface area (TPSA) is 88.4 Å². The molecule has 0 saturated carbocycles. The first-order valence-electron chi connectivity index (χ1n) is 9.27. The summed E-state index contributed by atoms with van der Waals surface area (Å²) in [5.74, 6) is 0. The van der Waals surface area contributed by atoms with Gasteiger partial charge in [-0.3, -0.25) is 15.1 Å². The van der Waals surface area contributed by atoms with Gasteiger partial charge in [-0.2, -0.15) is 0 Å². The Morgan fingerprint density at radius 1 is 1.26 bits per heavy atom. The first kappa shape index (κ1) is 18.8. The van der Waals surface area contributed by atoms with Crippen LogP contribution in [-0.4, -0.2) is 27.4 Å². The van der Waals surface area contributed by atoms with E-state index in [1.54, 1.807) is 24.5 Å². The maximum absolute atomic E-state index is 13.0. The number of aromatic nitrogens is 1. The summed E-state index contributed by atoms with van der Waals surface area (Å²) in [4.78, 5) is 29.5. The lowest BCUT2D eigenvalue weighted by Crippen LogP contribution is -2.43. The van der Waals surface area contributed by atoms with Crippen molar-refractivity contribution >= 4 is 11.7 Å². The van der Waals surface area contributed by atoms with Crippen molar-refractivity contribution in [2.24, 2.45) is 0 Å². The van der Waals surface area contributed by atoms with Gasteiger partial charge in [0.1, 0.15) is 0 Å². The number of likely N-dealkylation sites (tertiary alicyclic amines) is 1. The Balaban J connectivity index is 1.76. The van der Waals surface area contributed by atoms with E-state index in [1.807, 2.05) is 24.0 Å². The second kappa shape index (κ2) is 8.62. The molecule has 2 atom stereocenters. The van der Waals surface area contributed by atoms with Gasteiger partial charge >= 0.3 is 6.03 Å². The van der Waals surface area contributed by atoms with E-state index in [0.29, 0.717) is 12.1 Å². The normalized spacial score (nSPS) is 18.4. The molecule has 1 N–H and O–H groups in total. The highest BCUT2D eigenvalue weighted by Crippen LogP contribution is 2.30. The molecule has 0 unspecified atom stereocenters. The number of urea groups is 1. The molecule has 2 aromatic rings. The summed E-state index contributed by atoms with van der Waals surface area (Å²) in [6.45, 7) is 2.54. The number of amides is 2. The van der Waals surface area contributed by atoms with Gasteiger partial charge in [-0.15, -0.1) is 0 Å². The Kier molecular flexibility index (Phi) is 6.01. The number of carbonyl (C=O) groups excluding carboxylic acids is 1. The van der Waals surface area contributed by atoms with Crippen LogP contribution in [0.15, 0.2) is 48.8 Å². The standard InChI is InChI=1S/C20H24N4O3/c1-15(17-6-5-7-18(14-17)24(26)27)22-20(25)23-13-4-2-3-8-19(23)16-9-11-21-12-10-16/h5-7,9-12,14-15,19H,2-4,8,13H2,1H3,(H,22,25)/t15-,19+/m0/s1. The number of benzene rings is 1. The van der Waals surface area contributed by atoms with Crippen molar-refractivity contribution < 1.29 is 9.72 Å². The predicted molar refractivity (Wildman–Crippen MR) is 102 cm³/mol. The molecule has 0 spiro atoms. The van der Waals surface area contributed by atoms with E-state index in [-0.39, 0.29) is 23.8 Å². The number of non-ortho nitro benzene ring substituents is 1. The average molecular weight is 368 g/mol. The van der Waals surface area contributed by atoms with Crippen LogP contribution in [0.2, 0.25) is 0 Å². The molecular weight excluding hydrogens is 344 g/mol. The number of carbonyl (C=O) groups is 1. The first-order valence-corrected chi connectivity index (χ1v) is 9.27. The lowest BCUT2D eigenvalue weighted by Gasteiger charge is -2.31. The smallest absolute Gasteiger partial charge is 0.318 e. The van der Waals surface area contributed by atoms with E-state index < -0.39 is 4.92 Å². The highest BCUT2D eigenvalue weighted by molar-refractivity contribution is 5.75. The highest BCUT2D eigenvalue weighted by atomic mass is 16.6. The maximum atomic E-state index is 13.0. The molecule has 142 valence electrons. The van der Waals surface area contributed by atoms with Crippen LogP contribution in [0.3, 0.4) is 0 Å². The minimum atomic E-state index is -0.424. The average Bonchev–Trinajstić information content (AvgIpc) is 2.95. The van der Waals surface area contributed by atoms with Gasteiger partial charge in [0.25, 0.3) is 5.69 Å². The first-order chi connectivity index (χ1) is 13.1. The van der Waals surface area contributed by atoms with Gasteiger partial charge in [0.05, 0.1) is 17.0 Å². The minimum absolute atomic E-state index is 0.0211. The summed E-state index contributed by atoms with van der Waals surface area (Å²) in [7, 11) is 0. The third-order valence-corrected chi connectivity index (χ3v) is 5.03. The molecule has 2 heterocycles. The van der Waals surface area contributed by atoms with Crippen molar-refractivity contribution in [3.05, 3.63) is 70.0 Å². The van der Waals surface area contributed by atoms with Crippen LogP contribution >= 0.6 is 0 Å². The summed E-state index contributed by atoms with van der Waals surface area (Å²) >= 11 is 0. The van der Waals surface area contributed by atoms with Gasteiger partial charge in [-0.05, 0) is 43.0 Å². The predicted octanol–water partition coefficient (Wildman–Crippen LogP) is 4.38. The summed E-state index contributed by atoms with van der Waals surface area (Å²) in [6, 6.07) is 9.87. The number of nitro groups is 1. The molecule has 2 amide bonds. The number of rotatable bonds is 4. The Hall–Kier alpha value is -2.96. The number of hydrogen-bond donors (Lipinski definition) is 1. The van der Waals surface area contributed by atoms with Crippen LogP contribution in [0.4, 0.5) is 10.5 Å². The fourth-order valence-electron chi connectivity index (χ4n) is 3.54. The quantitative estimate of drug-likeness (QED) is 0.641. The van der Waals surface area contributed by atoms with E-state index in [4.69, 9.17) is 0 Å². The Labute approximate surface area is 158 Å². The van der Waals surface area contributed by atoms with E-state index in [0.717, 1.165) is 31.2 Å². The monoisotopic (exact) mass is 368 g/mol. The highest BCUT2D eigenvalue weighted by Gasteiger charge is 2.27. The van der Waals surface area contributed by atoms with E-state index >= 15 is 0 Å². The molecule has 7 nitrogen and oxygen atoms in total. The minimum Gasteiger partial charge on any atom is -0.331 e. The number of hydrogen-bond acceptors (Lipinski definition) is 4. The SMILES string of the molecule is C[C@H](NC(=O)N1CCCCC[C@@H]1c1ccncc1)c1cccc([N+](=O)[O-])c1. The molecule has 1 fully saturated rings. The van der Waals surface area contributed by atoms with Gasteiger partial charge in [-0.25, -0.2) is 4.79 Å². The van der Waals surface area contributed by atoms with E-state index in [9.17, 15) is 14.9 Å². The summed E-state index contributed by atoms with van der Waals surface area (Å²) in [5, 5.41) is 14.0. The summed E-state index contributed by atoms with van der Waals surface area (Å²) in [5.41, 5.74) is 1.83. The fraction of sp³-hybridized carbons (Fsp3) is 0.400. The molecule has 7 heteroatoms. The Morgan fingerprint density at radius 2 is 2.04 bits per heavy atom. The molecule has 27 heavy (non-hydrogen) atoms. The van der Waals surface area contributed by atoms with Crippen LogP contribution in [0.1, 0.15) is 55.8 Å². The number of nitro benzene ring substituents is 1. The van der Waals surface area contributed by atoms with Crippen molar-refractivity contribution in [2.45, 2.75) is 44.7 Å². The van der Waals surface area contributed by atoms with Crippen molar-refractivity contribution in [1.82, 2.24) is 15.2 Å². The van der Waals surface area contributed by atoms with E-state index in [2.05, 4.69) is 10.3 Å². The molecule has 1 aliphatic heterocycles. The Bertz CT molecular complexity index is 797. The number of nitrogens with one attached hydrogen (secondary N) is 1. The van der Waals surface area contributed by atoms with Gasteiger partial charge in [0.2, 0.25) is 0 Å². The number of nitrogens with zero attached hydrogens (tertiary/aromatic N) is 3. The summed E-state index contributed by atoms with van der Waals surface area (Å²) in [6.07, 6.45) is 7.58. The summed E-state index contributed by atoms with van der Waals surface area (Å²) < 4.78 is 0. The van der Waals surface area contributed by atoms with Gasteiger partial charge in [0, 0.05) is 31.1 Å². The van der Waals surface area contributed by atoms with Crippen LogP contribution in [0, 0.1) is 10.1 Å². The van der Waals surface area contributed by atoms with Gasteiger partial charge < -0.3 is 10.2 Å². The van der Waals surface area contributed by atoms with Gasteiger partial charge in [-0.1, -0.05) is 25.0 Å². The van der Waals surface area contributed by atoms with Crippen LogP contribution in [0.5, 0.6) is 0 Å². The van der Waals surface area contributed by atoms with Crippen molar-refractivity contribution in [3.8, 4) is 0 Å². The number of pyridine rings is 1. The molecule has 0 aliphatic carbocycles. The third kappa shape index (κ3) is 4.61.